The number of aryl methyl sites for hydroxylation is 1. The molecule has 1 aromatic heterocycles. The molecule has 2 rings (SSSR count). The fourth-order valence-electron chi connectivity index (χ4n) is 1.53. The summed E-state index contributed by atoms with van der Waals surface area (Å²) in [5, 5.41) is 6.39. The number of aromatic nitrogens is 1. The van der Waals surface area contributed by atoms with Gasteiger partial charge in [0.1, 0.15) is 0 Å². The summed E-state index contributed by atoms with van der Waals surface area (Å²) in [7, 11) is 1.88. The summed E-state index contributed by atoms with van der Waals surface area (Å²) in [6.07, 6.45) is 3.59. The van der Waals surface area contributed by atoms with Crippen molar-refractivity contribution in [3.63, 3.8) is 0 Å². The van der Waals surface area contributed by atoms with Gasteiger partial charge in [-0.3, -0.25) is 4.98 Å². The van der Waals surface area contributed by atoms with Gasteiger partial charge in [0.05, 0.1) is 23.8 Å². The van der Waals surface area contributed by atoms with Gasteiger partial charge >= 0.3 is 0 Å². The van der Waals surface area contributed by atoms with E-state index in [0.717, 1.165) is 21.5 Å². The van der Waals surface area contributed by atoms with Crippen LogP contribution in [-0.2, 0) is 0 Å². The number of pyridine rings is 1. The second-order valence-electron chi connectivity index (χ2n) is 3.80. The largest absolute Gasteiger partial charge is 0.387 e. The molecule has 88 valence electrons. The Balaban J connectivity index is 2.22. The van der Waals surface area contributed by atoms with E-state index in [1.807, 2.05) is 25.2 Å². The lowest BCUT2D eigenvalue weighted by Crippen LogP contribution is -1.94. The summed E-state index contributed by atoms with van der Waals surface area (Å²) in [5.74, 6) is 0. The van der Waals surface area contributed by atoms with Gasteiger partial charge in [0.25, 0.3) is 0 Å². The number of hydrogen-bond donors (Lipinski definition) is 2. The molecule has 1 aromatic carbocycles. The van der Waals surface area contributed by atoms with Gasteiger partial charge in [0.15, 0.2) is 0 Å². The number of nitrogens with one attached hydrogen (secondary N) is 2. The summed E-state index contributed by atoms with van der Waals surface area (Å²) in [5.41, 5.74) is 4.22. The normalized spacial score (nSPS) is 10.1. The summed E-state index contributed by atoms with van der Waals surface area (Å²) in [6, 6.07) is 8.18. The van der Waals surface area contributed by atoms with Gasteiger partial charge < -0.3 is 10.6 Å². The van der Waals surface area contributed by atoms with Gasteiger partial charge in [0, 0.05) is 17.2 Å². The van der Waals surface area contributed by atoms with E-state index in [1.54, 1.807) is 12.4 Å². The molecule has 3 nitrogen and oxygen atoms in total. The number of halogens is 1. The molecule has 2 N–H and O–H groups in total. The lowest BCUT2D eigenvalue weighted by Gasteiger charge is -2.09. The van der Waals surface area contributed by atoms with Crippen molar-refractivity contribution in [2.75, 3.05) is 17.7 Å². The van der Waals surface area contributed by atoms with Crippen molar-refractivity contribution < 1.29 is 0 Å². The first-order valence-corrected chi connectivity index (χ1v) is 6.14. The zero-order chi connectivity index (χ0) is 12.3. The smallest absolute Gasteiger partial charge is 0.0591 e. The lowest BCUT2D eigenvalue weighted by molar-refractivity contribution is 1.30. The molecule has 0 radical (unpaired) electrons. The SMILES string of the molecule is CNc1cncc(Nc2ccc(Br)c(C)c2)c1. The Hall–Kier alpha value is -1.55. The van der Waals surface area contributed by atoms with Crippen LogP contribution >= 0.6 is 15.9 Å². The number of anilines is 3. The highest BCUT2D eigenvalue weighted by molar-refractivity contribution is 9.10. The summed E-state index contributed by atoms with van der Waals surface area (Å²) >= 11 is 3.49. The van der Waals surface area contributed by atoms with Crippen LogP contribution in [0.3, 0.4) is 0 Å². The van der Waals surface area contributed by atoms with Crippen molar-refractivity contribution in [1.82, 2.24) is 4.98 Å². The molecule has 0 spiro atoms. The van der Waals surface area contributed by atoms with E-state index in [1.165, 1.54) is 5.56 Å². The van der Waals surface area contributed by atoms with Crippen molar-refractivity contribution in [1.29, 1.82) is 0 Å². The van der Waals surface area contributed by atoms with Gasteiger partial charge in [-0.1, -0.05) is 15.9 Å². The molecule has 0 aliphatic rings. The molecule has 0 aliphatic heterocycles. The fourth-order valence-corrected chi connectivity index (χ4v) is 1.78. The molecule has 2 aromatic rings. The molecule has 17 heavy (non-hydrogen) atoms. The maximum atomic E-state index is 4.16. The average molecular weight is 292 g/mol. The maximum Gasteiger partial charge on any atom is 0.0591 e. The standard InChI is InChI=1S/C13H14BrN3/c1-9-5-10(3-4-13(9)14)17-12-6-11(15-2)7-16-8-12/h3-8,15,17H,1-2H3. The third kappa shape index (κ3) is 2.97. The number of hydrogen-bond acceptors (Lipinski definition) is 3. The highest BCUT2D eigenvalue weighted by Crippen LogP contribution is 2.23. The predicted octanol–water partition coefficient (Wildman–Crippen LogP) is 3.94. The Kier molecular flexibility index (Phi) is 3.64. The Bertz CT molecular complexity index is 526. The zero-order valence-electron chi connectivity index (χ0n) is 9.79. The first-order valence-electron chi connectivity index (χ1n) is 5.35. The molecule has 0 fully saturated rings. The molecule has 0 aliphatic carbocycles. The van der Waals surface area contributed by atoms with Gasteiger partial charge in [-0.15, -0.1) is 0 Å². The molecule has 1 heterocycles. The third-order valence-electron chi connectivity index (χ3n) is 2.47. The molecule has 0 unspecified atom stereocenters. The van der Waals surface area contributed by atoms with Gasteiger partial charge in [-0.2, -0.15) is 0 Å². The lowest BCUT2D eigenvalue weighted by atomic mass is 10.2. The summed E-state index contributed by atoms with van der Waals surface area (Å²) < 4.78 is 1.12. The van der Waals surface area contributed by atoms with Crippen molar-refractivity contribution in [3.05, 3.63) is 46.7 Å². The summed E-state index contributed by atoms with van der Waals surface area (Å²) in [4.78, 5) is 4.16. The van der Waals surface area contributed by atoms with E-state index in [2.05, 4.69) is 44.5 Å². The molecule has 0 saturated carbocycles. The second kappa shape index (κ2) is 5.19. The van der Waals surface area contributed by atoms with Crippen LogP contribution in [0.2, 0.25) is 0 Å². The van der Waals surface area contributed by atoms with Crippen LogP contribution in [0.25, 0.3) is 0 Å². The van der Waals surface area contributed by atoms with Crippen LogP contribution in [0.15, 0.2) is 41.1 Å². The topological polar surface area (TPSA) is 37.0 Å². The number of benzene rings is 1. The Morgan fingerprint density at radius 3 is 2.53 bits per heavy atom. The van der Waals surface area contributed by atoms with Crippen LogP contribution in [0.1, 0.15) is 5.56 Å². The van der Waals surface area contributed by atoms with E-state index >= 15 is 0 Å². The van der Waals surface area contributed by atoms with E-state index in [-0.39, 0.29) is 0 Å². The van der Waals surface area contributed by atoms with Crippen LogP contribution in [0.4, 0.5) is 17.1 Å². The molecule has 4 heteroatoms. The highest BCUT2D eigenvalue weighted by Gasteiger charge is 1.99. The van der Waals surface area contributed by atoms with Gasteiger partial charge in [-0.25, -0.2) is 0 Å². The minimum Gasteiger partial charge on any atom is -0.387 e. The number of rotatable bonds is 3. The van der Waals surface area contributed by atoms with E-state index < -0.39 is 0 Å². The average Bonchev–Trinajstić information content (AvgIpc) is 2.34. The second-order valence-corrected chi connectivity index (χ2v) is 4.66. The quantitative estimate of drug-likeness (QED) is 0.899. The maximum absolute atomic E-state index is 4.16. The number of nitrogens with zero attached hydrogens (tertiary/aromatic N) is 1. The summed E-state index contributed by atoms with van der Waals surface area (Å²) in [6.45, 7) is 2.07. The predicted molar refractivity (Wildman–Crippen MR) is 75.9 cm³/mol. The van der Waals surface area contributed by atoms with Crippen LogP contribution in [-0.4, -0.2) is 12.0 Å². The highest BCUT2D eigenvalue weighted by atomic mass is 79.9. The van der Waals surface area contributed by atoms with E-state index in [4.69, 9.17) is 0 Å². The van der Waals surface area contributed by atoms with Crippen LogP contribution < -0.4 is 10.6 Å². The third-order valence-corrected chi connectivity index (χ3v) is 3.36. The Morgan fingerprint density at radius 1 is 1.06 bits per heavy atom. The molecule has 0 atom stereocenters. The Morgan fingerprint density at radius 2 is 1.82 bits per heavy atom. The van der Waals surface area contributed by atoms with Gasteiger partial charge in [0.2, 0.25) is 0 Å². The molecule has 0 saturated heterocycles. The molecule has 0 amide bonds. The van der Waals surface area contributed by atoms with Crippen LogP contribution in [0, 0.1) is 6.92 Å². The fraction of sp³-hybridized carbons (Fsp3) is 0.154. The van der Waals surface area contributed by atoms with E-state index in [9.17, 15) is 0 Å². The minimum absolute atomic E-state index is 0.971. The van der Waals surface area contributed by atoms with E-state index in [0.29, 0.717) is 0 Å². The van der Waals surface area contributed by atoms with Crippen molar-refractivity contribution in [2.24, 2.45) is 0 Å². The molecular weight excluding hydrogens is 278 g/mol. The van der Waals surface area contributed by atoms with Crippen molar-refractivity contribution >= 4 is 33.0 Å². The molecule has 0 bridgehead atoms. The zero-order valence-corrected chi connectivity index (χ0v) is 11.4. The van der Waals surface area contributed by atoms with Gasteiger partial charge in [-0.05, 0) is 36.8 Å². The monoisotopic (exact) mass is 291 g/mol. The Labute approximate surface area is 109 Å². The molecular formula is C13H14BrN3. The minimum atomic E-state index is 0.971. The first kappa shape index (κ1) is 11.9. The van der Waals surface area contributed by atoms with Crippen molar-refractivity contribution in [2.45, 2.75) is 6.92 Å². The first-order chi connectivity index (χ1) is 8.19. The van der Waals surface area contributed by atoms with Crippen molar-refractivity contribution in [3.8, 4) is 0 Å². The van der Waals surface area contributed by atoms with Crippen LogP contribution in [0.5, 0.6) is 0 Å².